The molecule has 208 valence electrons. The summed E-state index contributed by atoms with van der Waals surface area (Å²) in [7, 11) is 1.51. The van der Waals surface area contributed by atoms with Gasteiger partial charge in [0.05, 0.1) is 16.2 Å². The number of hydrogen-bond donors (Lipinski definition) is 3. The Bertz CT molecular complexity index is 1030. The topological polar surface area (TPSA) is 108 Å². The van der Waals surface area contributed by atoms with Crippen molar-refractivity contribution in [3.8, 4) is 5.75 Å². The van der Waals surface area contributed by atoms with Gasteiger partial charge in [-0.05, 0) is 102 Å². The summed E-state index contributed by atoms with van der Waals surface area (Å²) in [5, 5.41) is 23.6. The van der Waals surface area contributed by atoms with Crippen LogP contribution in [0.2, 0.25) is 0 Å². The van der Waals surface area contributed by atoms with Crippen molar-refractivity contribution in [3.05, 3.63) is 39.5 Å². The lowest BCUT2D eigenvalue weighted by Gasteiger charge is -2.58. The second-order valence-electron chi connectivity index (χ2n) is 11.8. The molecule has 1 aromatic rings. The minimum atomic E-state index is -1.02. The van der Waals surface area contributed by atoms with Crippen molar-refractivity contribution in [1.82, 2.24) is 10.2 Å². The zero-order valence-corrected chi connectivity index (χ0v) is 24.1. The lowest BCUT2D eigenvalue weighted by atomic mass is 9.49. The number of aliphatic hydroxyl groups is 2. The van der Waals surface area contributed by atoms with Crippen LogP contribution in [0.4, 0.5) is 0 Å². The molecule has 4 saturated carbocycles. The Hall–Kier alpha value is -1.69. The standard InChI is InChI=1S/C29H39IN2O6/c1-37-16-26(34)32(17-29-13-18-8-19(14-29)10-20(9-18)15-29)23-11-21(28(36)31-6-7-33)12-25(27(23)35)38-24-5-3-2-4-22(24)30/h2-5,12,18-20,23,25,27,33,35H,6-11,13-17H2,1H3,(H,31,36). The maximum absolute atomic E-state index is 13.6. The van der Waals surface area contributed by atoms with Crippen molar-refractivity contribution < 1.29 is 29.3 Å². The second-order valence-corrected chi connectivity index (χ2v) is 13.0. The fraction of sp³-hybridized carbons (Fsp3) is 0.655. The second kappa shape index (κ2) is 11.8. The maximum Gasteiger partial charge on any atom is 0.248 e. The number of amides is 2. The van der Waals surface area contributed by atoms with Crippen LogP contribution in [0.5, 0.6) is 5.75 Å². The Morgan fingerprint density at radius 1 is 1.13 bits per heavy atom. The summed E-state index contributed by atoms with van der Waals surface area (Å²) in [6.45, 7) is 0.456. The van der Waals surface area contributed by atoms with Crippen molar-refractivity contribution in [1.29, 1.82) is 0 Å². The average molecular weight is 639 g/mol. The number of rotatable bonds is 10. The summed E-state index contributed by atoms with van der Waals surface area (Å²) in [6, 6.07) is 6.90. The van der Waals surface area contributed by atoms with Crippen molar-refractivity contribution >= 4 is 34.4 Å². The van der Waals surface area contributed by atoms with Gasteiger partial charge in [-0.1, -0.05) is 12.1 Å². The number of para-hydroxylation sites is 1. The first kappa shape index (κ1) is 27.9. The summed E-state index contributed by atoms with van der Waals surface area (Å²) in [4.78, 5) is 28.4. The average Bonchev–Trinajstić information content (AvgIpc) is 2.88. The van der Waals surface area contributed by atoms with E-state index < -0.39 is 18.2 Å². The summed E-state index contributed by atoms with van der Waals surface area (Å²) in [6.07, 6.45) is 7.35. The third-order valence-electron chi connectivity index (χ3n) is 8.97. The van der Waals surface area contributed by atoms with Crippen LogP contribution in [0, 0.1) is 26.7 Å². The molecule has 6 rings (SSSR count). The number of nitrogens with one attached hydrogen (secondary N) is 1. The van der Waals surface area contributed by atoms with E-state index in [2.05, 4.69) is 27.9 Å². The van der Waals surface area contributed by atoms with Gasteiger partial charge >= 0.3 is 0 Å². The van der Waals surface area contributed by atoms with Crippen LogP contribution in [0.3, 0.4) is 0 Å². The molecule has 3 atom stereocenters. The number of halogens is 1. The third-order valence-corrected chi connectivity index (χ3v) is 9.86. The van der Waals surface area contributed by atoms with E-state index in [9.17, 15) is 19.8 Å². The molecule has 1 aromatic carbocycles. The molecule has 4 bridgehead atoms. The Balaban J connectivity index is 1.45. The van der Waals surface area contributed by atoms with E-state index in [-0.39, 0.29) is 43.4 Å². The number of benzene rings is 1. The van der Waals surface area contributed by atoms with Gasteiger partial charge < -0.3 is 29.9 Å². The summed E-state index contributed by atoms with van der Waals surface area (Å²) < 4.78 is 12.4. The van der Waals surface area contributed by atoms with Crippen molar-refractivity contribution in [2.45, 2.75) is 63.2 Å². The molecule has 8 nitrogen and oxygen atoms in total. The molecule has 0 saturated heterocycles. The molecule has 4 fully saturated rings. The Labute approximate surface area is 238 Å². The Kier molecular flexibility index (Phi) is 8.66. The molecule has 5 aliphatic carbocycles. The number of methoxy groups -OCH3 is 1. The van der Waals surface area contributed by atoms with Gasteiger partial charge in [-0.2, -0.15) is 0 Å². The van der Waals surface area contributed by atoms with Crippen LogP contribution < -0.4 is 10.1 Å². The van der Waals surface area contributed by atoms with E-state index >= 15 is 0 Å². The third kappa shape index (κ3) is 5.90. The van der Waals surface area contributed by atoms with Crippen molar-refractivity contribution in [3.63, 3.8) is 0 Å². The van der Waals surface area contributed by atoms with E-state index in [1.54, 1.807) is 11.0 Å². The van der Waals surface area contributed by atoms with E-state index in [1.165, 1.54) is 26.4 Å². The summed E-state index contributed by atoms with van der Waals surface area (Å²) in [5.41, 5.74) is 0.508. The first-order chi connectivity index (χ1) is 18.3. The fourth-order valence-corrected chi connectivity index (χ4v) is 8.42. The number of ether oxygens (including phenoxy) is 2. The predicted molar refractivity (Wildman–Crippen MR) is 150 cm³/mol. The van der Waals surface area contributed by atoms with Gasteiger partial charge in [0.15, 0.2) is 0 Å². The quantitative estimate of drug-likeness (QED) is 0.341. The Morgan fingerprint density at radius 2 is 1.79 bits per heavy atom. The number of hydrogen-bond acceptors (Lipinski definition) is 6. The van der Waals surface area contributed by atoms with E-state index in [0.717, 1.165) is 40.6 Å². The number of nitrogens with zero attached hydrogens (tertiary/aromatic N) is 1. The van der Waals surface area contributed by atoms with Crippen molar-refractivity contribution in [2.75, 3.05) is 33.4 Å². The number of carbonyl (C=O) groups excluding carboxylic acids is 2. The highest BCUT2D eigenvalue weighted by Crippen LogP contribution is 2.60. The van der Waals surface area contributed by atoms with Gasteiger partial charge in [-0.15, -0.1) is 0 Å². The molecule has 0 aromatic heterocycles. The number of carbonyl (C=O) groups is 2. The summed E-state index contributed by atoms with van der Waals surface area (Å²) >= 11 is 2.18. The highest BCUT2D eigenvalue weighted by atomic mass is 127. The van der Waals surface area contributed by atoms with Crippen LogP contribution in [0.1, 0.15) is 44.9 Å². The molecule has 2 amide bonds. The normalized spacial score (nSPS) is 33.5. The molecular formula is C29H39IN2O6. The SMILES string of the molecule is COCC(=O)N(CC12CC3CC(CC(C3)C1)C2)C1CC(C(=O)NCCO)=CC(Oc2ccccc2I)C1O. The number of aliphatic hydroxyl groups excluding tert-OH is 2. The molecule has 0 spiro atoms. The lowest BCUT2D eigenvalue weighted by Crippen LogP contribution is -2.60. The van der Waals surface area contributed by atoms with Crippen LogP contribution >= 0.6 is 22.6 Å². The predicted octanol–water partition coefficient (Wildman–Crippen LogP) is 2.90. The van der Waals surface area contributed by atoms with E-state index in [1.807, 2.05) is 24.3 Å². The molecule has 3 N–H and O–H groups in total. The molecule has 0 heterocycles. The zero-order valence-electron chi connectivity index (χ0n) is 22.0. The van der Waals surface area contributed by atoms with Gasteiger partial charge in [-0.25, -0.2) is 0 Å². The minimum absolute atomic E-state index is 0.0590. The first-order valence-electron chi connectivity index (χ1n) is 13.8. The van der Waals surface area contributed by atoms with Crippen LogP contribution in [0.15, 0.2) is 35.9 Å². The molecule has 0 aliphatic heterocycles. The Morgan fingerprint density at radius 3 is 2.39 bits per heavy atom. The molecule has 3 unspecified atom stereocenters. The van der Waals surface area contributed by atoms with Gasteiger partial charge in [-0.3, -0.25) is 9.59 Å². The van der Waals surface area contributed by atoms with Gasteiger partial charge in [0.2, 0.25) is 11.8 Å². The van der Waals surface area contributed by atoms with Gasteiger partial charge in [0.25, 0.3) is 0 Å². The van der Waals surface area contributed by atoms with E-state index in [0.29, 0.717) is 17.9 Å². The fourth-order valence-electron chi connectivity index (χ4n) is 7.91. The van der Waals surface area contributed by atoms with Crippen LogP contribution in [0.25, 0.3) is 0 Å². The van der Waals surface area contributed by atoms with Crippen molar-refractivity contribution in [2.24, 2.45) is 23.2 Å². The minimum Gasteiger partial charge on any atom is -0.482 e. The first-order valence-corrected chi connectivity index (χ1v) is 14.9. The smallest absolute Gasteiger partial charge is 0.248 e. The molecule has 0 radical (unpaired) electrons. The monoisotopic (exact) mass is 638 g/mol. The summed E-state index contributed by atoms with van der Waals surface area (Å²) in [5.74, 6) is 2.31. The highest BCUT2D eigenvalue weighted by Gasteiger charge is 2.53. The molecule has 38 heavy (non-hydrogen) atoms. The van der Waals surface area contributed by atoms with E-state index in [4.69, 9.17) is 9.47 Å². The molecule has 5 aliphatic rings. The lowest BCUT2D eigenvalue weighted by molar-refractivity contribution is -0.150. The van der Waals surface area contributed by atoms with Gasteiger partial charge in [0, 0.05) is 32.2 Å². The maximum atomic E-state index is 13.6. The van der Waals surface area contributed by atoms with Crippen LogP contribution in [-0.2, 0) is 14.3 Å². The molecular weight excluding hydrogens is 599 g/mol. The largest absolute Gasteiger partial charge is 0.482 e. The van der Waals surface area contributed by atoms with Crippen LogP contribution in [-0.4, -0.2) is 78.6 Å². The highest BCUT2D eigenvalue weighted by molar-refractivity contribution is 14.1. The zero-order chi connectivity index (χ0) is 26.9. The van der Waals surface area contributed by atoms with Gasteiger partial charge in [0.1, 0.15) is 24.6 Å². The molecule has 9 heteroatoms.